The zero-order valence-corrected chi connectivity index (χ0v) is 14.1. The topological polar surface area (TPSA) is 64.1 Å². The van der Waals surface area contributed by atoms with Gasteiger partial charge in [0.05, 0.1) is 17.8 Å². The molecule has 2 aromatic carbocycles. The average Bonchev–Trinajstić information content (AvgIpc) is 3.00. The summed E-state index contributed by atoms with van der Waals surface area (Å²) in [4.78, 5) is 4.21. The maximum atomic E-state index is 9.29. The van der Waals surface area contributed by atoms with E-state index in [0.717, 1.165) is 33.4 Å². The highest BCUT2D eigenvalue weighted by Crippen LogP contribution is 2.34. The first-order valence-electron chi connectivity index (χ1n) is 7.89. The Labute approximate surface area is 150 Å². The van der Waals surface area contributed by atoms with Crippen LogP contribution in [-0.2, 0) is 6.61 Å². The Kier molecular flexibility index (Phi) is 3.92. The minimum absolute atomic E-state index is 0.0148. The quantitative estimate of drug-likeness (QED) is 0.575. The molecule has 0 aliphatic rings. The van der Waals surface area contributed by atoms with Crippen molar-refractivity contribution in [1.29, 1.82) is 0 Å². The minimum Gasteiger partial charge on any atom is -0.392 e. The first-order chi connectivity index (χ1) is 12.2. The molecule has 0 radical (unpaired) electrons. The zero-order chi connectivity index (χ0) is 17.4. The third-order valence-corrected chi connectivity index (χ3v) is 4.49. The fourth-order valence-electron chi connectivity index (χ4n) is 3.04. The molecule has 25 heavy (non-hydrogen) atoms. The van der Waals surface area contributed by atoms with Crippen molar-refractivity contribution in [2.45, 2.75) is 6.61 Å². The number of benzene rings is 2. The maximum Gasteiger partial charge on any atom is 0.132 e. The maximum absolute atomic E-state index is 9.29. The zero-order valence-electron chi connectivity index (χ0n) is 13.4. The molecule has 4 nitrogen and oxygen atoms in total. The molecule has 4 aromatic rings. The predicted molar refractivity (Wildman–Crippen MR) is 102 cm³/mol. The highest BCUT2D eigenvalue weighted by molar-refractivity contribution is 6.31. The van der Waals surface area contributed by atoms with E-state index in [1.165, 1.54) is 0 Å². The number of aliphatic hydroxyl groups excluding tert-OH is 1. The molecule has 0 saturated carbocycles. The summed E-state index contributed by atoms with van der Waals surface area (Å²) < 4.78 is 2.11. The Hall–Kier alpha value is -2.82. The molecule has 0 fully saturated rings. The number of fused-ring (bicyclic) bond motifs is 1. The van der Waals surface area contributed by atoms with Gasteiger partial charge in [-0.05, 0) is 48.0 Å². The van der Waals surface area contributed by atoms with E-state index < -0.39 is 0 Å². The number of hydrogen-bond acceptors (Lipinski definition) is 3. The number of pyridine rings is 1. The Morgan fingerprint density at radius 1 is 1.04 bits per heavy atom. The van der Waals surface area contributed by atoms with Crippen LogP contribution in [0.15, 0.2) is 66.9 Å². The van der Waals surface area contributed by atoms with Crippen molar-refractivity contribution < 1.29 is 5.11 Å². The van der Waals surface area contributed by atoms with Gasteiger partial charge in [0.15, 0.2) is 0 Å². The summed E-state index contributed by atoms with van der Waals surface area (Å²) in [6, 6.07) is 19.5. The fraction of sp³-hybridized carbons (Fsp3) is 0.0500. The number of rotatable bonds is 3. The molecular formula is C20H16ClN3O. The van der Waals surface area contributed by atoms with Gasteiger partial charge in [-0.2, -0.15) is 0 Å². The van der Waals surface area contributed by atoms with E-state index in [0.29, 0.717) is 10.8 Å². The van der Waals surface area contributed by atoms with Crippen molar-refractivity contribution in [3.05, 3.63) is 77.4 Å². The Morgan fingerprint density at radius 3 is 2.56 bits per heavy atom. The van der Waals surface area contributed by atoms with Gasteiger partial charge in [-0.3, -0.25) is 0 Å². The number of nitrogen functional groups attached to an aromatic ring is 1. The highest BCUT2D eigenvalue weighted by Gasteiger charge is 2.15. The van der Waals surface area contributed by atoms with Crippen LogP contribution in [0.25, 0.3) is 27.8 Å². The monoisotopic (exact) mass is 349 g/mol. The molecule has 0 atom stereocenters. The summed E-state index contributed by atoms with van der Waals surface area (Å²) >= 11 is 6.23. The molecule has 3 N–H and O–H groups in total. The van der Waals surface area contributed by atoms with Gasteiger partial charge in [-0.15, -0.1) is 0 Å². The van der Waals surface area contributed by atoms with Gasteiger partial charge in [0.25, 0.3) is 0 Å². The standard InChI is InChI=1S/C20H16ClN3O/c21-15-6-5-14-10-19(17-2-1-9-23-20(17)22)24(18(14)11-15)16-7-3-13(12-25)4-8-16/h1-11,25H,12H2,(H2,22,23). The van der Waals surface area contributed by atoms with Gasteiger partial charge in [0.1, 0.15) is 5.82 Å². The smallest absolute Gasteiger partial charge is 0.132 e. The van der Waals surface area contributed by atoms with Crippen LogP contribution in [0.3, 0.4) is 0 Å². The second-order valence-electron chi connectivity index (χ2n) is 5.83. The van der Waals surface area contributed by atoms with E-state index >= 15 is 0 Å². The Balaban J connectivity index is 2.03. The van der Waals surface area contributed by atoms with Gasteiger partial charge in [0.2, 0.25) is 0 Å². The lowest BCUT2D eigenvalue weighted by molar-refractivity contribution is 0.282. The molecule has 0 aliphatic carbocycles. The SMILES string of the molecule is Nc1ncccc1-c1cc2ccc(Cl)cc2n1-c1ccc(CO)cc1. The second-order valence-corrected chi connectivity index (χ2v) is 6.27. The molecular weight excluding hydrogens is 334 g/mol. The number of halogens is 1. The second kappa shape index (κ2) is 6.24. The minimum atomic E-state index is 0.0148. The molecule has 0 amide bonds. The van der Waals surface area contributed by atoms with Crippen LogP contribution in [0.2, 0.25) is 5.02 Å². The summed E-state index contributed by atoms with van der Waals surface area (Å²) in [5.41, 5.74) is 10.7. The lowest BCUT2D eigenvalue weighted by Crippen LogP contribution is -2.00. The lowest BCUT2D eigenvalue weighted by Gasteiger charge is -2.13. The summed E-state index contributed by atoms with van der Waals surface area (Å²) in [5, 5.41) is 11.0. The van der Waals surface area contributed by atoms with Crippen LogP contribution in [0, 0.1) is 0 Å². The van der Waals surface area contributed by atoms with E-state index in [1.54, 1.807) is 6.20 Å². The number of aromatic nitrogens is 2. The van der Waals surface area contributed by atoms with E-state index in [9.17, 15) is 5.11 Å². The molecule has 0 aliphatic heterocycles. The van der Waals surface area contributed by atoms with Gasteiger partial charge < -0.3 is 15.4 Å². The number of aliphatic hydroxyl groups is 1. The van der Waals surface area contributed by atoms with E-state index in [4.69, 9.17) is 17.3 Å². The van der Waals surface area contributed by atoms with Crippen molar-refractivity contribution in [2.24, 2.45) is 0 Å². The molecule has 0 unspecified atom stereocenters. The summed E-state index contributed by atoms with van der Waals surface area (Å²) in [6.45, 7) is 0.0148. The molecule has 0 spiro atoms. The molecule has 124 valence electrons. The molecule has 2 heterocycles. The number of nitrogens with two attached hydrogens (primary N) is 1. The van der Waals surface area contributed by atoms with Crippen molar-refractivity contribution in [1.82, 2.24) is 9.55 Å². The van der Waals surface area contributed by atoms with Gasteiger partial charge in [0, 0.05) is 27.9 Å². The molecule has 2 aromatic heterocycles. The molecule has 0 bridgehead atoms. The van der Waals surface area contributed by atoms with Crippen LogP contribution in [0.5, 0.6) is 0 Å². The third kappa shape index (κ3) is 2.76. The first-order valence-corrected chi connectivity index (χ1v) is 8.27. The Morgan fingerprint density at radius 2 is 1.84 bits per heavy atom. The molecule has 5 heteroatoms. The van der Waals surface area contributed by atoms with E-state index in [-0.39, 0.29) is 6.61 Å². The van der Waals surface area contributed by atoms with Crippen molar-refractivity contribution in [3.63, 3.8) is 0 Å². The van der Waals surface area contributed by atoms with Crippen molar-refractivity contribution in [3.8, 4) is 16.9 Å². The number of hydrogen-bond donors (Lipinski definition) is 2. The van der Waals surface area contributed by atoms with Crippen LogP contribution in [0.4, 0.5) is 5.82 Å². The van der Waals surface area contributed by atoms with Crippen molar-refractivity contribution >= 4 is 28.3 Å². The van der Waals surface area contributed by atoms with Crippen molar-refractivity contribution in [2.75, 3.05) is 5.73 Å². The lowest BCUT2D eigenvalue weighted by atomic mass is 10.1. The van der Waals surface area contributed by atoms with Crippen LogP contribution in [0.1, 0.15) is 5.56 Å². The number of anilines is 1. The Bertz CT molecular complexity index is 1050. The average molecular weight is 350 g/mol. The normalized spacial score (nSPS) is 11.1. The molecule has 0 saturated heterocycles. The predicted octanol–water partition coefficient (Wildman–Crippen LogP) is 4.42. The van der Waals surface area contributed by atoms with E-state index in [2.05, 4.69) is 15.6 Å². The summed E-state index contributed by atoms with van der Waals surface area (Å²) in [7, 11) is 0. The highest BCUT2D eigenvalue weighted by atomic mass is 35.5. The molecule has 4 rings (SSSR count). The fourth-order valence-corrected chi connectivity index (χ4v) is 3.20. The summed E-state index contributed by atoms with van der Waals surface area (Å²) in [5.74, 6) is 0.477. The van der Waals surface area contributed by atoms with E-state index in [1.807, 2.05) is 54.6 Å². The van der Waals surface area contributed by atoms with Gasteiger partial charge >= 0.3 is 0 Å². The third-order valence-electron chi connectivity index (χ3n) is 4.26. The van der Waals surface area contributed by atoms with Crippen LogP contribution >= 0.6 is 11.6 Å². The summed E-state index contributed by atoms with van der Waals surface area (Å²) in [6.07, 6.45) is 1.68. The van der Waals surface area contributed by atoms with Gasteiger partial charge in [-0.1, -0.05) is 29.8 Å². The number of nitrogens with zero attached hydrogens (tertiary/aromatic N) is 2. The first kappa shape index (κ1) is 15.7. The van der Waals surface area contributed by atoms with Crippen LogP contribution < -0.4 is 5.73 Å². The van der Waals surface area contributed by atoms with Crippen LogP contribution in [-0.4, -0.2) is 14.7 Å². The van der Waals surface area contributed by atoms with Gasteiger partial charge in [-0.25, -0.2) is 4.98 Å². The largest absolute Gasteiger partial charge is 0.392 e.